The van der Waals surface area contributed by atoms with Gasteiger partial charge in [-0.15, -0.1) is 0 Å². The van der Waals surface area contributed by atoms with Crippen LogP contribution in [0.1, 0.15) is 54.3 Å². The number of methoxy groups -OCH3 is 1. The number of nitrogens with zero attached hydrogens (tertiary/aromatic N) is 2. The van der Waals surface area contributed by atoms with E-state index in [1.807, 2.05) is 0 Å². The van der Waals surface area contributed by atoms with E-state index in [9.17, 15) is 14.4 Å². The van der Waals surface area contributed by atoms with Crippen LogP contribution in [0.15, 0.2) is 71.6 Å². The minimum absolute atomic E-state index is 0.0452. The maximum absolute atomic E-state index is 13.8. The monoisotopic (exact) mass is 490 g/mol. The number of hydrogen-bond donors (Lipinski definition) is 2. The molecule has 1 atom stereocenters. The number of ether oxygens (including phenoxy) is 1. The number of nitrogens with one attached hydrogen (secondary N) is 2. The lowest BCUT2D eigenvalue weighted by Gasteiger charge is -2.33. The maximum atomic E-state index is 13.8. The fraction of sp³-hybridized carbons (Fsp3) is 0.333. The second kappa shape index (κ2) is 12.0. The Labute approximate surface area is 209 Å². The molecule has 1 aliphatic rings. The number of hydrogen-bond acceptors (Lipinski definition) is 6. The number of anilines is 1. The van der Waals surface area contributed by atoms with Crippen molar-refractivity contribution in [2.24, 2.45) is 0 Å². The van der Waals surface area contributed by atoms with E-state index in [0.717, 1.165) is 32.1 Å². The highest BCUT2D eigenvalue weighted by Crippen LogP contribution is 2.30. The summed E-state index contributed by atoms with van der Waals surface area (Å²) < 4.78 is 10.5. The Morgan fingerprint density at radius 3 is 2.64 bits per heavy atom. The lowest BCUT2D eigenvalue weighted by atomic mass is 9.94. The topological polar surface area (TPSA) is 114 Å². The van der Waals surface area contributed by atoms with Crippen molar-refractivity contribution in [2.75, 3.05) is 18.6 Å². The zero-order chi connectivity index (χ0) is 25.3. The van der Waals surface area contributed by atoms with Crippen molar-refractivity contribution >= 4 is 23.4 Å². The van der Waals surface area contributed by atoms with Crippen LogP contribution >= 0.6 is 0 Å². The smallest absolute Gasteiger partial charge is 0.287 e. The molecule has 0 radical (unpaired) electrons. The Kier molecular flexibility index (Phi) is 8.33. The molecule has 0 aliphatic heterocycles. The number of benzene rings is 1. The molecule has 9 nitrogen and oxygen atoms in total. The van der Waals surface area contributed by atoms with Crippen molar-refractivity contribution in [2.45, 2.75) is 44.2 Å². The summed E-state index contributed by atoms with van der Waals surface area (Å²) in [4.78, 5) is 45.4. The quantitative estimate of drug-likeness (QED) is 0.474. The molecule has 1 aromatic carbocycles. The molecule has 188 valence electrons. The first kappa shape index (κ1) is 25.0. The van der Waals surface area contributed by atoms with Crippen molar-refractivity contribution in [3.63, 3.8) is 0 Å². The lowest BCUT2D eigenvalue weighted by Crippen LogP contribution is -2.49. The molecule has 2 aromatic heterocycles. The fourth-order valence-corrected chi connectivity index (χ4v) is 4.43. The van der Waals surface area contributed by atoms with Gasteiger partial charge in [0.15, 0.2) is 5.76 Å². The van der Waals surface area contributed by atoms with Crippen LogP contribution < -0.4 is 20.3 Å². The van der Waals surface area contributed by atoms with Gasteiger partial charge in [0.1, 0.15) is 11.8 Å². The summed E-state index contributed by atoms with van der Waals surface area (Å²) in [7, 11) is 1.55. The lowest BCUT2D eigenvalue weighted by molar-refractivity contribution is -0.127. The van der Waals surface area contributed by atoms with Crippen LogP contribution in [0.25, 0.3) is 0 Å². The summed E-state index contributed by atoms with van der Waals surface area (Å²) in [6.07, 6.45) is 9.56. The van der Waals surface area contributed by atoms with Gasteiger partial charge < -0.3 is 19.8 Å². The minimum Gasteiger partial charge on any atom is -0.497 e. The van der Waals surface area contributed by atoms with E-state index in [1.165, 1.54) is 23.4 Å². The van der Waals surface area contributed by atoms with E-state index in [-0.39, 0.29) is 24.3 Å². The molecule has 3 amide bonds. The molecule has 0 unspecified atom stereocenters. The Hall–Kier alpha value is -4.14. The number of carbonyl (C=O) groups excluding carboxylic acids is 3. The normalized spacial score (nSPS) is 14.5. The van der Waals surface area contributed by atoms with Crippen molar-refractivity contribution in [3.8, 4) is 5.75 Å². The fourth-order valence-electron chi connectivity index (χ4n) is 4.43. The van der Waals surface area contributed by atoms with E-state index in [1.54, 1.807) is 55.8 Å². The van der Waals surface area contributed by atoms with E-state index >= 15 is 0 Å². The van der Waals surface area contributed by atoms with Crippen molar-refractivity contribution in [1.29, 1.82) is 0 Å². The van der Waals surface area contributed by atoms with Gasteiger partial charge in [0.25, 0.3) is 5.91 Å². The molecular weight excluding hydrogens is 460 g/mol. The third kappa shape index (κ3) is 6.10. The number of aromatic nitrogens is 1. The Bertz CT molecular complexity index is 1160. The molecule has 0 saturated heterocycles. The molecule has 36 heavy (non-hydrogen) atoms. The Balaban J connectivity index is 1.67. The summed E-state index contributed by atoms with van der Waals surface area (Å²) in [5.74, 6) is -0.647. The third-order valence-electron chi connectivity index (χ3n) is 6.21. The third-order valence-corrected chi connectivity index (χ3v) is 6.21. The van der Waals surface area contributed by atoms with Crippen molar-refractivity contribution in [3.05, 3.63) is 78.5 Å². The van der Waals surface area contributed by atoms with Crippen molar-refractivity contribution < 1.29 is 23.5 Å². The highest BCUT2D eigenvalue weighted by molar-refractivity contribution is 6.04. The summed E-state index contributed by atoms with van der Waals surface area (Å²) in [5.41, 5.74) is 1.01. The summed E-state index contributed by atoms with van der Waals surface area (Å²) in [6.45, 7) is -0.342. The highest BCUT2D eigenvalue weighted by atomic mass is 16.5. The number of amides is 3. The molecule has 9 heteroatoms. The molecule has 2 N–H and O–H groups in total. The van der Waals surface area contributed by atoms with Gasteiger partial charge in [-0.1, -0.05) is 31.4 Å². The summed E-state index contributed by atoms with van der Waals surface area (Å²) >= 11 is 0. The number of pyridine rings is 1. The van der Waals surface area contributed by atoms with Gasteiger partial charge in [-0.2, -0.15) is 0 Å². The Morgan fingerprint density at radius 1 is 1.11 bits per heavy atom. The van der Waals surface area contributed by atoms with Crippen LogP contribution in [-0.2, 0) is 9.59 Å². The van der Waals surface area contributed by atoms with Crippen LogP contribution in [0.2, 0.25) is 0 Å². The highest BCUT2D eigenvalue weighted by Gasteiger charge is 2.34. The van der Waals surface area contributed by atoms with Gasteiger partial charge in [0.05, 0.1) is 31.8 Å². The van der Waals surface area contributed by atoms with Gasteiger partial charge in [0, 0.05) is 12.2 Å². The average Bonchev–Trinajstić information content (AvgIpc) is 3.46. The zero-order valence-electron chi connectivity index (χ0n) is 20.2. The van der Waals surface area contributed by atoms with Crippen LogP contribution in [0.3, 0.4) is 0 Å². The first-order chi connectivity index (χ1) is 17.6. The predicted molar refractivity (Wildman–Crippen MR) is 134 cm³/mol. The van der Waals surface area contributed by atoms with Gasteiger partial charge in [-0.05, 0) is 54.8 Å². The number of rotatable bonds is 9. The molecule has 1 saturated carbocycles. The van der Waals surface area contributed by atoms with E-state index in [2.05, 4.69) is 15.6 Å². The zero-order valence-corrected chi connectivity index (χ0v) is 20.2. The second-order valence-corrected chi connectivity index (χ2v) is 8.66. The molecule has 0 spiro atoms. The first-order valence-electron chi connectivity index (χ1n) is 12.0. The maximum Gasteiger partial charge on any atom is 0.287 e. The molecule has 0 bridgehead atoms. The summed E-state index contributed by atoms with van der Waals surface area (Å²) in [6, 6.07) is 12.6. The first-order valence-corrected chi connectivity index (χ1v) is 12.0. The van der Waals surface area contributed by atoms with E-state index in [0.29, 0.717) is 17.0 Å². The standard InChI is InChI=1S/C27H30N4O5/c1-35-22-12-5-8-19(16-22)25(27(34)30-20-9-3-2-4-10-20)31(21-11-6-14-28-17-21)24(32)18-29-26(33)23-13-7-15-36-23/h5-8,11-17,20,25H,2-4,9-10,18H2,1H3,(H,29,33)(H,30,34)/t25-/m0/s1. The van der Waals surface area contributed by atoms with Crippen LogP contribution in [0, 0.1) is 0 Å². The van der Waals surface area contributed by atoms with Gasteiger partial charge in [-0.3, -0.25) is 24.3 Å². The summed E-state index contributed by atoms with van der Waals surface area (Å²) in [5, 5.41) is 5.73. The van der Waals surface area contributed by atoms with E-state index in [4.69, 9.17) is 9.15 Å². The molecule has 2 heterocycles. The van der Waals surface area contributed by atoms with Gasteiger partial charge in [-0.25, -0.2) is 0 Å². The van der Waals surface area contributed by atoms with Gasteiger partial charge in [0.2, 0.25) is 11.8 Å². The average molecular weight is 491 g/mol. The minimum atomic E-state index is -1.00. The SMILES string of the molecule is COc1cccc([C@@H](C(=O)NC2CCCCC2)N(C(=O)CNC(=O)c2ccco2)c2cccnc2)c1. The van der Waals surface area contributed by atoms with E-state index < -0.39 is 17.9 Å². The predicted octanol–water partition coefficient (Wildman–Crippen LogP) is 3.64. The number of carbonyl (C=O) groups is 3. The van der Waals surface area contributed by atoms with Crippen LogP contribution in [-0.4, -0.2) is 42.4 Å². The molecule has 4 rings (SSSR count). The molecule has 3 aromatic rings. The molecule has 1 fully saturated rings. The second-order valence-electron chi connectivity index (χ2n) is 8.66. The van der Waals surface area contributed by atoms with Crippen molar-refractivity contribution in [1.82, 2.24) is 15.6 Å². The molecule has 1 aliphatic carbocycles. The Morgan fingerprint density at radius 2 is 1.94 bits per heavy atom. The molecular formula is C27H30N4O5. The number of furan rings is 1. The van der Waals surface area contributed by atoms with Gasteiger partial charge >= 0.3 is 0 Å². The van der Waals surface area contributed by atoms with Crippen LogP contribution in [0.5, 0.6) is 5.75 Å². The van der Waals surface area contributed by atoms with Crippen LogP contribution in [0.4, 0.5) is 5.69 Å². The largest absolute Gasteiger partial charge is 0.497 e.